The third kappa shape index (κ3) is 2.66. The normalized spacial score (nSPS) is 17.4. The summed E-state index contributed by atoms with van der Waals surface area (Å²) in [4.78, 5) is 0. The van der Waals surface area contributed by atoms with Gasteiger partial charge in [0.15, 0.2) is 0 Å². The zero-order valence-corrected chi connectivity index (χ0v) is 10.7. The van der Waals surface area contributed by atoms with Crippen molar-refractivity contribution in [3.63, 3.8) is 0 Å². The molecule has 0 amide bonds. The molecule has 1 saturated carbocycles. The van der Waals surface area contributed by atoms with Crippen LogP contribution in [0.15, 0.2) is 0 Å². The topological polar surface area (TPSA) is 66.0 Å². The molecule has 1 heterocycles. The van der Waals surface area contributed by atoms with E-state index in [1.54, 1.807) is 7.11 Å². The summed E-state index contributed by atoms with van der Waals surface area (Å²) in [7, 11) is 1.73. The summed E-state index contributed by atoms with van der Waals surface area (Å²) in [5, 5.41) is 8.61. The van der Waals surface area contributed by atoms with Gasteiger partial charge in [-0.25, -0.2) is 4.68 Å². The Hall–Kier alpha value is -0.940. The molecule has 1 aromatic heterocycles. The van der Waals surface area contributed by atoms with E-state index in [2.05, 4.69) is 21.9 Å². The second-order valence-electron chi connectivity index (χ2n) is 4.70. The monoisotopic (exact) mass is 238 g/mol. The Morgan fingerprint density at radius 2 is 2.29 bits per heavy atom. The number of aromatic nitrogens is 3. The Labute approximate surface area is 102 Å². The first-order chi connectivity index (χ1) is 8.31. The van der Waals surface area contributed by atoms with Crippen molar-refractivity contribution in [2.45, 2.75) is 44.6 Å². The average Bonchev–Trinajstić information content (AvgIpc) is 3.09. The minimum atomic E-state index is 0.301. The second-order valence-corrected chi connectivity index (χ2v) is 4.70. The molecule has 0 radical (unpaired) electrons. The van der Waals surface area contributed by atoms with Crippen molar-refractivity contribution in [2.24, 2.45) is 5.73 Å². The molecule has 1 unspecified atom stereocenters. The number of nitrogens with zero attached hydrogens (tertiary/aromatic N) is 3. The van der Waals surface area contributed by atoms with Crippen molar-refractivity contribution in [1.29, 1.82) is 0 Å². The minimum Gasteiger partial charge on any atom is -0.382 e. The van der Waals surface area contributed by atoms with Gasteiger partial charge >= 0.3 is 0 Å². The highest BCUT2D eigenvalue weighted by Crippen LogP contribution is 2.42. The first-order valence-electron chi connectivity index (χ1n) is 6.44. The van der Waals surface area contributed by atoms with Gasteiger partial charge in [0, 0.05) is 19.4 Å². The van der Waals surface area contributed by atoms with Gasteiger partial charge in [0.05, 0.1) is 24.0 Å². The lowest BCUT2D eigenvalue weighted by atomic mass is 10.1. The minimum absolute atomic E-state index is 0.301. The fraction of sp³-hybridized carbons (Fsp3) is 0.833. The van der Waals surface area contributed by atoms with Crippen LogP contribution >= 0.6 is 0 Å². The SMILES string of the molecule is CCC(COC)n1nnc(CCN)c1C1CC1. The lowest BCUT2D eigenvalue weighted by Crippen LogP contribution is -2.18. The molecule has 96 valence electrons. The van der Waals surface area contributed by atoms with Crippen molar-refractivity contribution >= 4 is 0 Å². The molecular weight excluding hydrogens is 216 g/mol. The van der Waals surface area contributed by atoms with Crippen molar-refractivity contribution in [3.05, 3.63) is 11.4 Å². The molecule has 1 aliphatic carbocycles. The van der Waals surface area contributed by atoms with Gasteiger partial charge < -0.3 is 10.5 Å². The third-order valence-corrected chi connectivity index (χ3v) is 3.33. The van der Waals surface area contributed by atoms with E-state index in [1.165, 1.54) is 18.5 Å². The zero-order valence-electron chi connectivity index (χ0n) is 10.7. The Morgan fingerprint density at radius 1 is 1.53 bits per heavy atom. The summed E-state index contributed by atoms with van der Waals surface area (Å²) in [6, 6.07) is 0.301. The van der Waals surface area contributed by atoms with Crippen LogP contribution in [0.1, 0.15) is 49.5 Å². The van der Waals surface area contributed by atoms with Gasteiger partial charge in [-0.1, -0.05) is 12.1 Å². The van der Waals surface area contributed by atoms with Gasteiger partial charge in [-0.3, -0.25) is 0 Å². The molecule has 0 saturated heterocycles. The molecule has 1 atom stereocenters. The van der Waals surface area contributed by atoms with Crippen LogP contribution in [0.3, 0.4) is 0 Å². The van der Waals surface area contributed by atoms with Crippen LogP contribution < -0.4 is 5.73 Å². The molecule has 0 aliphatic heterocycles. The smallest absolute Gasteiger partial charge is 0.0874 e. The molecule has 1 aliphatic rings. The maximum atomic E-state index is 5.62. The highest BCUT2D eigenvalue weighted by Gasteiger charge is 2.32. The highest BCUT2D eigenvalue weighted by atomic mass is 16.5. The van der Waals surface area contributed by atoms with E-state index in [-0.39, 0.29) is 0 Å². The molecule has 1 fully saturated rings. The van der Waals surface area contributed by atoms with E-state index in [0.29, 0.717) is 25.1 Å². The molecule has 5 heteroatoms. The van der Waals surface area contributed by atoms with Crippen molar-refractivity contribution < 1.29 is 4.74 Å². The molecule has 0 bridgehead atoms. The van der Waals surface area contributed by atoms with Crippen LogP contribution in [0.4, 0.5) is 0 Å². The summed E-state index contributed by atoms with van der Waals surface area (Å²) in [5.41, 5.74) is 8.02. The van der Waals surface area contributed by atoms with E-state index in [4.69, 9.17) is 10.5 Å². The lowest BCUT2D eigenvalue weighted by Gasteiger charge is -2.17. The van der Waals surface area contributed by atoms with Crippen molar-refractivity contribution in [1.82, 2.24) is 15.0 Å². The molecule has 5 nitrogen and oxygen atoms in total. The van der Waals surface area contributed by atoms with Crippen LogP contribution in [0, 0.1) is 0 Å². The first-order valence-corrected chi connectivity index (χ1v) is 6.44. The van der Waals surface area contributed by atoms with E-state index < -0.39 is 0 Å². The van der Waals surface area contributed by atoms with Crippen LogP contribution in [-0.2, 0) is 11.2 Å². The van der Waals surface area contributed by atoms with Crippen LogP contribution in [0.2, 0.25) is 0 Å². The highest BCUT2D eigenvalue weighted by molar-refractivity contribution is 5.21. The molecule has 17 heavy (non-hydrogen) atoms. The van der Waals surface area contributed by atoms with Gasteiger partial charge in [0.25, 0.3) is 0 Å². The predicted molar refractivity (Wildman–Crippen MR) is 66.0 cm³/mol. The van der Waals surface area contributed by atoms with Crippen molar-refractivity contribution in [2.75, 3.05) is 20.3 Å². The van der Waals surface area contributed by atoms with Crippen LogP contribution in [0.5, 0.6) is 0 Å². The van der Waals surface area contributed by atoms with Crippen molar-refractivity contribution in [3.8, 4) is 0 Å². The number of ether oxygens (including phenoxy) is 1. The summed E-state index contributed by atoms with van der Waals surface area (Å²) in [6.07, 6.45) is 4.36. The first kappa shape index (κ1) is 12.5. The van der Waals surface area contributed by atoms with E-state index in [9.17, 15) is 0 Å². The number of hydrogen-bond acceptors (Lipinski definition) is 4. The maximum Gasteiger partial charge on any atom is 0.0874 e. The number of rotatable bonds is 7. The Bertz CT molecular complexity index is 359. The standard InChI is InChI=1S/C12H22N4O/c1-3-10(8-17-2)16-12(9-4-5-9)11(6-7-13)14-15-16/h9-10H,3-8,13H2,1-2H3. The number of hydrogen-bond donors (Lipinski definition) is 1. The lowest BCUT2D eigenvalue weighted by molar-refractivity contribution is 0.145. The quantitative estimate of drug-likeness (QED) is 0.776. The summed E-state index contributed by atoms with van der Waals surface area (Å²) in [5.74, 6) is 0.650. The maximum absolute atomic E-state index is 5.62. The van der Waals surface area contributed by atoms with Crippen LogP contribution in [-0.4, -0.2) is 35.3 Å². The fourth-order valence-electron chi connectivity index (χ4n) is 2.25. The van der Waals surface area contributed by atoms with E-state index >= 15 is 0 Å². The Morgan fingerprint density at radius 3 is 2.82 bits per heavy atom. The van der Waals surface area contributed by atoms with Gasteiger partial charge in [-0.15, -0.1) is 5.10 Å². The molecule has 1 aromatic rings. The molecule has 2 rings (SSSR count). The molecular formula is C12H22N4O. The second kappa shape index (κ2) is 5.60. The van der Waals surface area contributed by atoms with Gasteiger partial charge in [0.2, 0.25) is 0 Å². The Balaban J connectivity index is 2.25. The van der Waals surface area contributed by atoms with Gasteiger partial charge in [0.1, 0.15) is 0 Å². The predicted octanol–water partition coefficient (Wildman–Crippen LogP) is 1.25. The molecule has 0 spiro atoms. The van der Waals surface area contributed by atoms with E-state index in [1.807, 2.05) is 0 Å². The number of nitrogens with two attached hydrogens (primary N) is 1. The number of methoxy groups -OCH3 is 1. The summed E-state index contributed by atoms with van der Waals surface area (Å²) < 4.78 is 7.34. The zero-order chi connectivity index (χ0) is 12.3. The van der Waals surface area contributed by atoms with Crippen LogP contribution in [0.25, 0.3) is 0 Å². The molecule has 2 N–H and O–H groups in total. The molecule has 0 aromatic carbocycles. The van der Waals surface area contributed by atoms with Gasteiger partial charge in [-0.2, -0.15) is 0 Å². The Kier molecular flexibility index (Phi) is 4.12. The third-order valence-electron chi connectivity index (χ3n) is 3.33. The summed E-state index contributed by atoms with van der Waals surface area (Å²) >= 11 is 0. The van der Waals surface area contributed by atoms with E-state index in [0.717, 1.165) is 18.5 Å². The largest absolute Gasteiger partial charge is 0.382 e. The average molecular weight is 238 g/mol. The fourth-order valence-corrected chi connectivity index (χ4v) is 2.25. The summed E-state index contributed by atoms with van der Waals surface area (Å²) in [6.45, 7) is 3.49. The van der Waals surface area contributed by atoms with Gasteiger partial charge in [-0.05, 0) is 25.8 Å².